The summed E-state index contributed by atoms with van der Waals surface area (Å²) in [6.07, 6.45) is 0. The summed E-state index contributed by atoms with van der Waals surface area (Å²) in [5.41, 5.74) is 3.40. The summed E-state index contributed by atoms with van der Waals surface area (Å²) in [6.45, 7) is 1.71. The van der Waals surface area contributed by atoms with Crippen molar-refractivity contribution in [1.82, 2.24) is 15.1 Å². The zero-order valence-electron chi connectivity index (χ0n) is 9.40. The Balaban J connectivity index is 2.19. The van der Waals surface area contributed by atoms with Gasteiger partial charge in [-0.15, -0.1) is 0 Å². The zero-order valence-corrected chi connectivity index (χ0v) is 11.0. The molecule has 17 heavy (non-hydrogen) atoms. The SMILES string of the molecule is COc1ccccc1-n1nc(Br)c2c1CNC2. The Labute approximate surface area is 108 Å². The summed E-state index contributed by atoms with van der Waals surface area (Å²) in [7, 11) is 1.68. The van der Waals surface area contributed by atoms with E-state index in [1.165, 1.54) is 11.3 Å². The molecule has 4 nitrogen and oxygen atoms in total. The topological polar surface area (TPSA) is 39.1 Å². The molecule has 5 heteroatoms. The summed E-state index contributed by atoms with van der Waals surface area (Å²) in [6, 6.07) is 7.90. The van der Waals surface area contributed by atoms with E-state index in [-0.39, 0.29) is 0 Å². The second kappa shape index (κ2) is 4.16. The normalized spacial score (nSPS) is 13.8. The van der Waals surface area contributed by atoms with Gasteiger partial charge in [0.05, 0.1) is 12.8 Å². The number of aromatic nitrogens is 2. The van der Waals surface area contributed by atoms with E-state index in [9.17, 15) is 0 Å². The van der Waals surface area contributed by atoms with Crippen LogP contribution in [0.3, 0.4) is 0 Å². The average Bonchev–Trinajstić information content (AvgIpc) is 2.94. The molecule has 0 saturated carbocycles. The van der Waals surface area contributed by atoms with Crippen molar-refractivity contribution < 1.29 is 4.74 Å². The van der Waals surface area contributed by atoms with Gasteiger partial charge in [0.2, 0.25) is 0 Å². The smallest absolute Gasteiger partial charge is 0.144 e. The van der Waals surface area contributed by atoms with E-state index in [1.807, 2.05) is 28.9 Å². The number of methoxy groups -OCH3 is 1. The monoisotopic (exact) mass is 293 g/mol. The lowest BCUT2D eigenvalue weighted by molar-refractivity contribution is 0.411. The second-order valence-corrected chi connectivity index (χ2v) is 4.65. The van der Waals surface area contributed by atoms with Gasteiger partial charge in [0, 0.05) is 18.7 Å². The fraction of sp³-hybridized carbons (Fsp3) is 0.250. The van der Waals surface area contributed by atoms with Crippen molar-refractivity contribution >= 4 is 15.9 Å². The number of rotatable bonds is 2. The van der Waals surface area contributed by atoms with Crippen molar-refractivity contribution in [2.24, 2.45) is 0 Å². The molecule has 3 rings (SSSR count). The van der Waals surface area contributed by atoms with Crippen LogP contribution < -0.4 is 10.1 Å². The minimum absolute atomic E-state index is 0.831. The number of halogens is 1. The van der Waals surface area contributed by atoms with Crippen molar-refractivity contribution in [1.29, 1.82) is 0 Å². The average molecular weight is 294 g/mol. The summed E-state index contributed by atoms with van der Waals surface area (Å²) in [4.78, 5) is 0. The molecule has 1 aliphatic heterocycles. The highest BCUT2D eigenvalue weighted by molar-refractivity contribution is 9.10. The third kappa shape index (κ3) is 1.66. The maximum Gasteiger partial charge on any atom is 0.144 e. The number of para-hydroxylation sites is 2. The Morgan fingerprint density at radius 3 is 3.00 bits per heavy atom. The first-order valence-electron chi connectivity index (χ1n) is 5.41. The Hall–Kier alpha value is -1.33. The molecule has 0 atom stereocenters. The van der Waals surface area contributed by atoms with E-state index in [0.717, 1.165) is 29.1 Å². The van der Waals surface area contributed by atoms with Crippen molar-refractivity contribution in [3.8, 4) is 11.4 Å². The first-order valence-corrected chi connectivity index (χ1v) is 6.21. The van der Waals surface area contributed by atoms with Crippen LogP contribution in [0.2, 0.25) is 0 Å². The molecule has 1 N–H and O–H groups in total. The number of ether oxygens (including phenoxy) is 1. The summed E-state index contributed by atoms with van der Waals surface area (Å²) in [5, 5.41) is 7.85. The Kier molecular flexibility index (Phi) is 2.64. The molecule has 0 amide bonds. The van der Waals surface area contributed by atoms with E-state index in [0.29, 0.717) is 0 Å². The third-order valence-electron chi connectivity index (χ3n) is 2.95. The zero-order chi connectivity index (χ0) is 11.8. The predicted molar refractivity (Wildman–Crippen MR) is 68.4 cm³/mol. The van der Waals surface area contributed by atoms with Crippen LogP contribution in [0.1, 0.15) is 11.3 Å². The Morgan fingerprint density at radius 1 is 1.35 bits per heavy atom. The lowest BCUT2D eigenvalue weighted by Crippen LogP contribution is -2.08. The molecular weight excluding hydrogens is 282 g/mol. The molecule has 1 aromatic heterocycles. The fourth-order valence-electron chi connectivity index (χ4n) is 2.12. The fourth-order valence-corrected chi connectivity index (χ4v) is 2.65. The van der Waals surface area contributed by atoms with Crippen LogP contribution in [0.25, 0.3) is 5.69 Å². The van der Waals surface area contributed by atoms with Gasteiger partial charge in [-0.1, -0.05) is 12.1 Å². The van der Waals surface area contributed by atoms with Gasteiger partial charge in [0.15, 0.2) is 0 Å². The number of nitrogens with one attached hydrogen (secondary N) is 1. The van der Waals surface area contributed by atoms with Crippen LogP contribution in [0.15, 0.2) is 28.9 Å². The van der Waals surface area contributed by atoms with Crippen molar-refractivity contribution in [3.63, 3.8) is 0 Å². The van der Waals surface area contributed by atoms with Crippen LogP contribution in [0.4, 0.5) is 0 Å². The highest BCUT2D eigenvalue weighted by Crippen LogP contribution is 2.30. The van der Waals surface area contributed by atoms with Crippen LogP contribution in [0, 0.1) is 0 Å². The van der Waals surface area contributed by atoms with Crippen molar-refractivity contribution in [2.75, 3.05) is 7.11 Å². The molecule has 0 aliphatic carbocycles. The number of hydrogen-bond acceptors (Lipinski definition) is 3. The van der Waals surface area contributed by atoms with Gasteiger partial charge in [-0.25, -0.2) is 4.68 Å². The highest BCUT2D eigenvalue weighted by Gasteiger charge is 2.22. The predicted octanol–water partition coefficient (Wildman–Crippen LogP) is 2.25. The molecule has 0 radical (unpaired) electrons. The number of benzene rings is 1. The molecule has 88 valence electrons. The molecule has 1 aromatic carbocycles. The molecule has 0 bridgehead atoms. The first-order chi connectivity index (χ1) is 8.31. The largest absolute Gasteiger partial charge is 0.494 e. The van der Waals surface area contributed by atoms with Crippen molar-refractivity contribution in [3.05, 3.63) is 40.1 Å². The first kappa shape index (κ1) is 10.8. The maximum absolute atomic E-state index is 5.37. The van der Waals surface area contributed by atoms with Crippen LogP contribution in [0.5, 0.6) is 5.75 Å². The van der Waals surface area contributed by atoms with Crippen LogP contribution in [-0.2, 0) is 13.1 Å². The highest BCUT2D eigenvalue weighted by atomic mass is 79.9. The van der Waals surface area contributed by atoms with Gasteiger partial charge in [-0.05, 0) is 28.1 Å². The molecule has 0 saturated heterocycles. The standard InChI is InChI=1S/C12H12BrN3O/c1-17-11-5-3-2-4-9(11)16-10-7-14-6-8(10)12(13)15-16/h2-5,14H,6-7H2,1H3. The molecule has 0 unspecified atom stereocenters. The maximum atomic E-state index is 5.37. The van der Waals surface area contributed by atoms with Gasteiger partial charge in [0.1, 0.15) is 16.0 Å². The van der Waals surface area contributed by atoms with Gasteiger partial charge in [-0.2, -0.15) is 5.10 Å². The van der Waals surface area contributed by atoms with Crippen molar-refractivity contribution in [2.45, 2.75) is 13.1 Å². The molecule has 1 aliphatic rings. The number of fused-ring (bicyclic) bond motifs is 1. The number of nitrogens with zero attached hydrogens (tertiary/aromatic N) is 2. The van der Waals surface area contributed by atoms with Crippen LogP contribution in [-0.4, -0.2) is 16.9 Å². The molecular formula is C12H12BrN3O. The molecule has 0 spiro atoms. The van der Waals surface area contributed by atoms with E-state index >= 15 is 0 Å². The van der Waals surface area contributed by atoms with Crippen LogP contribution >= 0.6 is 15.9 Å². The van der Waals surface area contributed by atoms with E-state index in [4.69, 9.17) is 4.74 Å². The Bertz CT molecular complexity index is 565. The van der Waals surface area contributed by atoms with Gasteiger partial charge >= 0.3 is 0 Å². The summed E-state index contributed by atoms with van der Waals surface area (Å²) >= 11 is 3.50. The minimum Gasteiger partial charge on any atom is -0.494 e. The Morgan fingerprint density at radius 2 is 2.18 bits per heavy atom. The van der Waals surface area contributed by atoms with E-state index in [1.54, 1.807) is 7.11 Å². The van der Waals surface area contributed by atoms with Gasteiger partial charge in [0.25, 0.3) is 0 Å². The molecule has 2 aromatic rings. The molecule has 2 heterocycles. The second-order valence-electron chi connectivity index (χ2n) is 3.90. The minimum atomic E-state index is 0.831. The lowest BCUT2D eigenvalue weighted by atomic mass is 10.2. The lowest BCUT2D eigenvalue weighted by Gasteiger charge is -2.10. The van der Waals surface area contributed by atoms with E-state index < -0.39 is 0 Å². The summed E-state index contributed by atoms with van der Waals surface area (Å²) < 4.78 is 8.22. The molecule has 0 fully saturated rings. The third-order valence-corrected chi connectivity index (χ3v) is 3.59. The number of hydrogen-bond donors (Lipinski definition) is 1. The van der Waals surface area contributed by atoms with Gasteiger partial charge in [-0.3, -0.25) is 0 Å². The van der Waals surface area contributed by atoms with E-state index in [2.05, 4.69) is 26.3 Å². The van der Waals surface area contributed by atoms with Gasteiger partial charge < -0.3 is 10.1 Å². The summed E-state index contributed by atoms with van der Waals surface area (Å²) in [5.74, 6) is 0.831. The quantitative estimate of drug-likeness (QED) is 0.923.